The van der Waals surface area contributed by atoms with Crippen molar-refractivity contribution < 1.29 is 9.59 Å². The Kier molecular flexibility index (Phi) is 3.86. The van der Waals surface area contributed by atoms with Crippen LogP contribution in [0.15, 0.2) is 42.5 Å². The Morgan fingerprint density at radius 3 is 2.86 bits per heavy atom. The summed E-state index contributed by atoms with van der Waals surface area (Å²) in [5, 5.41) is 6.33. The van der Waals surface area contributed by atoms with Gasteiger partial charge in [-0.15, -0.1) is 0 Å². The molecule has 1 heterocycles. The standard InChI is InChI=1S/C17H15ClN2O2/c1-10(11-3-2-4-14(18)8-11)19-17(22)12-5-6-15-13(7-12)9-16(21)20-15/h2-8,10H,9H2,1H3,(H,19,22)(H,20,21)/t10-/m1/s1. The van der Waals surface area contributed by atoms with Crippen molar-refractivity contribution in [2.75, 3.05) is 5.32 Å². The van der Waals surface area contributed by atoms with E-state index in [4.69, 9.17) is 11.6 Å². The Labute approximate surface area is 133 Å². The second-order valence-corrected chi connectivity index (χ2v) is 5.78. The van der Waals surface area contributed by atoms with Crippen LogP contribution in [0.4, 0.5) is 5.69 Å². The number of carbonyl (C=O) groups excluding carboxylic acids is 2. The normalized spacial score (nSPS) is 14.2. The Morgan fingerprint density at radius 2 is 2.09 bits per heavy atom. The van der Waals surface area contributed by atoms with Gasteiger partial charge in [-0.1, -0.05) is 23.7 Å². The van der Waals surface area contributed by atoms with Crippen molar-refractivity contribution in [3.05, 3.63) is 64.2 Å². The molecular formula is C17H15ClN2O2. The topological polar surface area (TPSA) is 58.2 Å². The van der Waals surface area contributed by atoms with E-state index in [1.54, 1.807) is 24.3 Å². The van der Waals surface area contributed by atoms with Crippen molar-refractivity contribution in [3.8, 4) is 0 Å². The van der Waals surface area contributed by atoms with E-state index in [0.29, 0.717) is 17.0 Å². The molecule has 4 nitrogen and oxygen atoms in total. The Morgan fingerprint density at radius 1 is 1.27 bits per heavy atom. The van der Waals surface area contributed by atoms with Crippen LogP contribution in [-0.2, 0) is 11.2 Å². The molecule has 1 aliphatic rings. The fourth-order valence-electron chi connectivity index (χ4n) is 2.51. The molecule has 0 spiro atoms. The second kappa shape index (κ2) is 5.81. The zero-order chi connectivity index (χ0) is 15.7. The molecule has 0 unspecified atom stereocenters. The van der Waals surface area contributed by atoms with E-state index in [9.17, 15) is 9.59 Å². The number of rotatable bonds is 3. The number of amides is 2. The van der Waals surface area contributed by atoms with Crippen LogP contribution in [0.1, 0.15) is 34.5 Å². The first-order valence-electron chi connectivity index (χ1n) is 7.02. The maximum absolute atomic E-state index is 12.3. The molecule has 0 fully saturated rings. The van der Waals surface area contributed by atoms with E-state index in [-0.39, 0.29) is 17.9 Å². The highest BCUT2D eigenvalue weighted by Crippen LogP contribution is 2.24. The van der Waals surface area contributed by atoms with Crippen molar-refractivity contribution in [1.82, 2.24) is 5.32 Å². The van der Waals surface area contributed by atoms with Crippen molar-refractivity contribution in [1.29, 1.82) is 0 Å². The molecule has 0 saturated carbocycles. The lowest BCUT2D eigenvalue weighted by Gasteiger charge is -2.15. The van der Waals surface area contributed by atoms with Crippen LogP contribution in [0.3, 0.4) is 0 Å². The number of carbonyl (C=O) groups is 2. The average molecular weight is 315 g/mol. The second-order valence-electron chi connectivity index (χ2n) is 5.35. The lowest BCUT2D eigenvalue weighted by Crippen LogP contribution is -2.26. The summed E-state index contributed by atoms with van der Waals surface area (Å²) in [6.45, 7) is 1.90. The van der Waals surface area contributed by atoms with Crippen LogP contribution in [0.2, 0.25) is 5.02 Å². The number of hydrogen-bond acceptors (Lipinski definition) is 2. The van der Waals surface area contributed by atoms with Gasteiger partial charge in [-0.25, -0.2) is 0 Å². The van der Waals surface area contributed by atoms with Crippen LogP contribution in [0, 0.1) is 0 Å². The number of halogens is 1. The van der Waals surface area contributed by atoms with Gasteiger partial charge >= 0.3 is 0 Å². The third-order valence-electron chi connectivity index (χ3n) is 3.69. The van der Waals surface area contributed by atoms with Gasteiger partial charge in [0.25, 0.3) is 5.91 Å². The van der Waals surface area contributed by atoms with E-state index in [2.05, 4.69) is 10.6 Å². The molecule has 112 valence electrons. The lowest BCUT2D eigenvalue weighted by molar-refractivity contribution is -0.115. The van der Waals surface area contributed by atoms with Crippen LogP contribution in [0.25, 0.3) is 0 Å². The third kappa shape index (κ3) is 2.97. The SMILES string of the molecule is C[C@@H](NC(=O)c1ccc2c(c1)CC(=O)N2)c1cccc(Cl)c1. The van der Waals surface area contributed by atoms with E-state index in [1.165, 1.54) is 0 Å². The Hall–Kier alpha value is -2.33. The molecule has 2 N–H and O–H groups in total. The minimum absolute atomic E-state index is 0.0418. The molecule has 2 aromatic rings. The van der Waals surface area contributed by atoms with Gasteiger partial charge in [0.1, 0.15) is 0 Å². The van der Waals surface area contributed by atoms with Crippen molar-refractivity contribution in [2.45, 2.75) is 19.4 Å². The molecule has 1 aliphatic heterocycles. The molecule has 22 heavy (non-hydrogen) atoms. The van der Waals surface area contributed by atoms with Gasteiger partial charge in [0.2, 0.25) is 5.91 Å². The highest BCUT2D eigenvalue weighted by atomic mass is 35.5. The molecule has 3 rings (SSSR count). The monoisotopic (exact) mass is 314 g/mol. The zero-order valence-electron chi connectivity index (χ0n) is 12.0. The number of benzene rings is 2. The first-order valence-corrected chi connectivity index (χ1v) is 7.40. The highest BCUT2D eigenvalue weighted by Gasteiger charge is 2.19. The lowest BCUT2D eigenvalue weighted by atomic mass is 10.1. The summed E-state index contributed by atoms with van der Waals surface area (Å²) in [4.78, 5) is 23.7. The van der Waals surface area contributed by atoms with Gasteiger partial charge < -0.3 is 10.6 Å². The molecule has 0 aliphatic carbocycles. The van der Waals surface area contributed by atoms with E-state index < -0.39 is 0 Å². The summed E-state index contributed by atoms with van der Waals surface area (Å²) < 4.78 is 0. The first-order chi connectivity index (χ1) is 10.5. The van der Waals surface area contributed by atoms with E-state index in [1.807, 2.05) is 25.1 Å². The summed E-state index contributed by atoms with van der Waals surface area (Å²) >= 11 is 5.97. The van der Waals surface area contributed by atoms with Crippen LogP contribution in [0.5, 0.6) is 0 Å². The summed E-state index contributed by atoms with van der Waals surface area (Å²) in [5.41, 5.74) is 3.13. The van der Waals surface area contributed by atoms with Gasteiger partial charge in [-0.3, -0.25) is 9.59 Å². The van der Waals surface area contributed by atoms with Crippen molar-refractivity contribution in [3.63, 3.8) is 0 Å². The maximum atomic E-state index is 12.3. The van der Waals surface area contributed by atoms with E-state index in [0.717, 1.165) is 16.8 Å². The molecular weight excluding hydrogens is 300 g/mol. The number of anilines is 1. The number of fused-ring (bicyclic) bond motifs is 1. The summed E-state index contributed by atoms with van der Waals surface area (Å²) in [5.74, 6) is -0.213. The molecule has 5 heteroatoms. The smallest absolute Gasteiger partial charge is 0.251 e. The molecule has 2 amide bonds. The van der Waals surface area contributed by atoms with Crippen LogP contribution >= 0.6 is 11.6 Å². The largest absolute Gasteiger partial charge is 0.346 e. The quantitative estimate of drug-likeness (QED) is 0.913. The third-order valence-corrected chi connectivity index (χ3v) is 3.92. The molecule has 2 aromatic carbocycles. The van der Waals surface area contributed by atoms with Crippen LogP contribution in [-0.4, -0.2) is 11.8 Å². The summed E-state index contributed by atoms with van der Waals surface area (Å²) in [7, 11) is 0. The minimum Gasteiger partial charge on any atom is -0.346 e. The molecule has 0 bridgehead atoms. The molecule has 1 atom stereocenters. The number of nitrogens with one attached hydrogen (secondary N) is 2. The van der Waals surface area contributed by atoms with Crippen molar-refractivity contribution in [2.24, 2.45) is 0 Å². The Balaban J connectivity index is 1.75. The average Bonchev–Trinajstić information content (AvgIpc) is 2.86. The van der Waals surface area contributed by atoms with Crippen molar-refractivity contribution >= 4 is 29.1 Å². The van der Waals surface area contributed by atoms with E-state index >= 15 is 0 Å². The van der Waals surface area contributed by atoms with Gasteiger partial charge in [-0.05, 0) is 48.4 Å². The van der Waals surface area contributed by atoms with Gasteiger partial charge in [0.15, 0.2) is 0 Å². The van der Waals surface area contributed by atoms with Gasteiger partial charge in [-0.2, -0.15) is 0 Å². The molecule has 0 saturated heterocycles. The molecule has 0 aromatic heterocycles. The van der Waals surface area contributed by atoms with Gasteiger partial charge in [0.05, 0.1) is 12.5 Å². The predicted molar refractivity (Wildman–Crippen MR) is 86.1 cm³/mol. The fourth-order valence-corrected chi connectivity index (χ4v) is 2.71. The predicted octanol–water partition coefficient (Wildman–Crippen LogP) is 3.33. The molecule has 0 radical (unpaired) electrons. The fraction of sp³-hybridized carbons (Fsp3) is 0.176. The zero-order valence-corrected chi connectivity index (χ0v) is 12.8. The summed E-state index contributed by atoms with van der Waals surface area (Å²) in [6.07, 6.45) is 0.320. The Bertz CT molecular complexity index is 758. The number of hydrogen-bond donors (Lipinski definition) is 2. The highest BCUT2D eigenvalue weighted by molar-refractivity contribution is 6.30. The maximum Gasteiger partial charge on any atom is 0.251 e. The first kappa shape index (κ1) is 14.6. The van der Waals surface area contributed by atoms with Crippen LogP contribution < -0.4 is 10.6 Å². The minimum atomic E-state index is -0.172. The van der Waals surface area contributed by atoms with Gasteiger partial charge in [0, 0.05) is 16.3 Å². The summed E-state index contributed by atoms with van der Waals surface area (Å²) in [6, 6.07) is 12.5.